The third-order valence-corrected chi connectivity index (χ3v) is 3.96. The minimum atomic E-state index is -4.83. The Bertz CT molecular complexity index is 567. The minimum absolute atomic E-state index is 0.0920. The summed E-state index contributed by atoms with van der Waals surface area (Å²) in [6.45, 7) is 5.87. The zero-order chi connectivity index (χ0) is 17.7. The number of nitrogens with one attached hydrogen (secondary N) is 2. The van der Waals surface area contributed by atoms with Crippen molar-refractivity contribution in [2.45, 2.75) is 39.0 Å². The van der Waals surface area contributed by atoms with E-state index in [9.17, 15) is 18.0 Å². The van der Waals surface area contributed by atoms with E-state index in [2.05, 4.69) is 15.4 Å². The summed E-state index contributed by atoms with van der Waals surface area (Å²) in [6, 6.07) is 4.51. The maximum atomic E-state index is 12.7. The van der Waals surface area contributed by atoms with Crippen molar-refractivity contribution >= 4 is 5.91 Å². The second-order valence-corrected chi connectivity index (χ2v) is 6.43. The molecule has 2 N–H and O–H groups in total. The third-order valence-electron chi connectivity index (χ3n) is 3.96. The van der Waals surface area contributed by atoms with Crippen LogP contribution in [0.1, 0.15) is 48.5 Å². The van der Waals surface area contributed by atoms with E-state index in [4.69, 9.17) is 0 Å². The number of hydrogen-bond donors (Lipinski definition) is 2. The van der Waals surface area contributed by atoms with Crippen LogP contribution in [0.15, 0.2) is 18.2 Å². The number of piperidine rings is 1. The smallest absolute Gasteiger partial charge is 0.405 e. The van der Waals surface area contributed by atoms with Gasteiger partial charge < -0.3 is 15.4 Å². The molecule has 1 aromatic carbocycles. The molecule has 24 heavy (non-hydrogen) atoms. The lowest BCUT2D eigenvalue weighted by atomic mass is 9.89. The van der Waals surface area contributed by atoms with Gasteiger partial charge in [-0.05, 0) is 55.5 Å². The Morgan fingerprint density at radius 2 is 2.00 bits per heavy atom. The van der Waals surface area contributed by atoms with Gasteiger partial charge in [0.05, 0.1) is 5.56 Å². The Labute approximate surface area is 139 Å². The van der Waals surface area contributed by atoms with Crippen molar-refractivity contribution in [3.05, 3.63) is 29.3 Å². The summed E-state index contributed by atoms with van der Waals surface area (Å²) in [5, 5.41) is 5.85. The SMILES string of the molecule is CC(C)CNC(=O)c1ccc(C2CCNCC2)cc1OC(F)(F)F. The fraction of sp³-hybridized carbons (Fsp3) is 0.588. The molecule has 1 aromatic rings. The van der Waals surface area contributed by atoms with Crippen molar-refractivity contribution in [1.82, 2.24) is 10.6 Å². The topological polar surface area (TPSA) is 50.4 Å². The zero-order valence-electron chi connectivity index (χ0n) is 13.9. The first-order chi connectivity index (χ1) is 11.3. The first-order valence-electron chi connectivity index (χ1n) is 8.15. The van der Waals surface area contributed by atoms with Crippen LogP contribution in [0.25, 0.3) is 0 Å². The predicted molar refractivity (Wildman–Crippen MR) is 85.1 cm³/mol. The van der Waals surface area contributed by atoms with Gasteiger partial charge in [0.15, 0.2) is 0 Å². The highest BCUT2D eigenvalue weighted by Gasteiger charge is 2.33. The summed E-state index contributed by atoms with van der Waals surface area (Å²) in [6.07, 6.45) is -3.13. The Morgan fingerprint density at radius 1 is 1.33 bits per heavy atom. The maximum Gasteiger partial charge on any atom is 0.573 e. The molecule has 7 heteroatoms. The van der Waals surface area contributed by atoms with E-state index < -0.39 is 18.0 Å². The fourth-order valence-electron chi connectivity index (χ4n) is 2.74. The fourth-order valence-corrected chi connectivity index (χ4v) is 2.74. The lowest BCUT2D eigenvalue weighted by Gasteiger charge is -2.24. The molecule has 4 nitrogen and oxygen atoms in total. The van der Waals surface area contributed by atoms with Crippen molar-refractivity contribution in [1.29, 1.82) is 0 Å². The molecule has 0 unspecified atom stereocenters. The molecule has 0 bridgehead atoms. The summed E-state index contributed by atoms with van der Waals surface area (Å²) in [7, 11) is 0. The second-order valence-electron chi connectivity index (χ2n) is 6.43. The van der Waals surface area contributed by atoms with Gasteiger partial charge in [0.25, 0.3) is 5.91 Å². The predicted octanol–water partition coefficient (Wildman–Crippen LogP) is 3.44. The van der Waals surface area contributed by atoms with Gasteiger partial charge in [-0.3, -0.25) is 4.79 Å². The van der Waals surface area contributed by atoms with E-state index in [1.54, 1.807) is 6.07 Å². The van der Waals surface area contributed by atoms with Gasteiger partial charge in [0.2, 0.25) is 0 Å². The number of rotatable bonds is 5. The normalized spacial score (nSPS) is 16.2. The van der Waals surface area contributed by atoms with Crippen molar-refractivity contribution in [3.63, 3.8) is 0 Å². The van der Waals surface area contributed by atoms with Crippen LogP contribution >= 0.6 is 0 Å². The number of amides is 1. The van der Waals surface area contributed by atoms with E-state index in [0.29, 0.717) is 6.54 Å². The van der Waals surface area contributed by atoms with Crippen LogP contribution in [0.5, 0.6) is 5.75 Å². The highest BCUT2D eigenvalue weighted by molar-refractivity contribution is 5.97. The molecule has 2 rings (SSSR count). The summed E-state index contributed by atoms with van der Waals surface area (Å²) in [5.41, 5.74) is 0.682. The molecule has 1 saturated heterocycles. The van der Waals surface area contributed by atoms with Crippen molar-refractivity contribution in [3.8, 4) is 5.75 Å². The lowest BCUT2D eigenvalue weighted by molar-refractivity contribution is -0.274. The average molecular weight is 344 g/mol. The molecule has 1 heterocycles. The monoisotopic (exact) mass is 344 g/mol. The molecule has 0 radical (unpaired) electrons. The van der Waals surface area contributed by atoms with Gasteiger partial charge in [0.1, 0.15) is 5.75 Å². The van der Waals surface area contributed by atoms with Crippen LogP contribution in [0.4, 0.5) is 13.2 Å². The molecule has 0 atom stereocenters. The van der Waals surface area contributed by atoms with Crippen LogP contribution in [0.2, 0.25) is 0 Å². The van der Waals surface area contributed by atoms with Crippen LogP contribution in [0.3, 0.4) is 0 Å². The van der Waals surface area contributed by atoms with Crippen LogP contribution < -0.4 is 15.4 Å². The van der Waals surface area contributed by atoms with Crippen LogP contribution in [-0.4, -0.2) is 31.9 Å². The maximum absolute atomic E-state index is 12.7. The number of carbonyl (C=O) groups is 1. The Kier molecular flexibility index (Phi) is 6.10. The average Bonchev–Trinajstić information content (AvgIpc) is 2.52. The quantitative estimate of drug-likeness (QED) is 0.860. The van der Waals surface area contributed by atoms with Crippen molar-refractivity contribution in [2.24, 2.45) is 5.92 Å². The molecule has 1 fully saturated rings. The zero-order valence-corrected chi connectivity index (χ0v) is 13.9. The number of benzene rings is 1. The van der Waals surface area contributed by atoms with Crippen LogP contribution in [-0.2, 0) is 0 Å². The first kappa shape index (κ1) is 18.6. The summed E-state index contributed by atoms with van der Waals surface area (Å²) >= 11 is 0. The van der Waals surface area contributed by atoms with Gasteiger partial charge in [-0.15, -0.1) is 13.2 Å². The molecule has 0 aliphatic carbocycles. The molecule has 1 aliphatic heterocycles. The van der Waals surface area contributed by atoms with E-state index in [1.165, 1.54) is 12.1 Å². The van der Waals surface area contributed by atoms with Gasteiger partial charge in [-0.25, -0.2) is 0 Å². The standard InChI is InChI=1S/C17H23F3N2O2/c1-11(2)10-22-16(23)14-4-3-13(12-5-7-21-8-6-12)9-15(14)24-17(18,19)20/h3-4,9,11-12,21H,5-8,10H2,1-2H3,(H,22,23). The van der Waals surface area contributed by atoms with E-state index in [-0.39, 0.29) is 17.4 Å². The van der Waals surface area contributed by atoms with E-state index >= 15 is 0 Å². The largest absolute Gasteiger partial charge is 0.573 e. The number of carbonyl (C=O) groups excluding carboxylic acids is 1. The highest BCUT2D eigenvalue weighted by atomic mass is 19.4. The van der Waals surface area contributed by atoms with E-state index in [1.807, 2.05) is 13.8 Å². The second kappa shape index (κ2) is 7.88. The molecule has 134 valence electrons. The molecule has 0 saturated carbocycles. The Hall–Kier alpha value is -1.76. The van der Waals surface area contributed by atoms with Gasteiger partial charge in [-0.2, -0.15) is 0 Å². The third kappa shape index (κ3) is 5.40. The molecular formula is C17H23F3N2O2. The van der Waals surface area contributed by atoms with E-state index in [0.717, 1.165) is 31.5 Å². The van der Waals surface area contributed by atoms with Crippen molar-refractivity contribution < 1.29 is 22.7 Å². The van der Waals surface area contributed by atoms with Gasteiger partial charge in [0, 0.05) is 6.54 Å². The van der Waals surface area contributed by atoms with Gasteiger partial charge >= 0.3 is 6.36 Å². The first-order valence-corrected chi connectivity index (χ1v) is 8.15. The lowest BCUT2D eigenvalue weighted by Crippen LogP contribution is -2.29. The molecular weight excluding hydrogens is 321 g/mol. The van der Waals surface area contributed by atoms with Crippen molar-refractivity contribution in [2.75, 3.05) is 19.6 Å². The molecule has 1 aliphatic rings. The summed E-state index contributed by atoms with van der Waals surface area (Å²) in [5.74, 6) is -0.607. The summed E-state index contributed by atoms with van der Waals surface area (Å²) < 4.78 is 42.2. The number of hydrogen-bond acceptors (Lipinski definition) is 3. The van der Waals surface area contributed by atoms with Gasteiger partial charge in [-0.1, -0.05) is 19.9 Å². The Balaban J connectivity index is 2.26. The molecule has 0 aromatic heterocycles. The minimum Gasteiger partial charge on any atom is -0.405 e. The molecule has 0 spiro atoms. The number of ether oxygens (including phenoxy) is 1. The number of alkyl halides is 3. The Morgan fingerprint density at radius 3 is 2.58 bits per heavy atom. The number of halogens is 3. The highest BCUT2D eigenvalue weighted by Crippen LogP contribution is 2.33. The van der Waals surface area contributed by atoms with Crippen LogP contribution in [0, 0.1) is 5.92 Å². The molecule has 1 amide bonds. The summed E-state index contributed by atoms with van der Waals surface area (Å²) in [4.78, 5) is 12.2.